The summed E-state index contributed by atoms with van der Waals surface area (Å²) in [7, 11) is 0. The van der Waals surface area contributed by atoms with Crippen LogP contribution in [0.15, 0.2) is 54.6 Å². The van der Waals surface area contributed by atoms with Crippen LogP contribution in [0.5, 0.6) is 0 Å². The molecular weight excluding hydrogens is 302 g/mol. The summed E-state index contributed by atoms with van der Waals surface area (Å²) in [4.78, 5) is 12.4. The SMILES string of the molecule is O=C(NC(CO)(CO)Cc1ccccc1)c1ccccc1Cl. The second-order valence-corrected chi connectivity index (χ2v) is 5.60. The molecule has 22 heavy (non-hydrogen) atoms. The molecule has 2 aromatic rings. The molecule has 5 heteroatoms. The molecule has 0 saturated heterocycles. The molecule has 0 aromatic heterocycles. The molecule has 2 aromatic carbocycles. The minimum atomic E-state index is -1.14. The second kappa shape index (κ2) is 7.40. The predicted molar refractivity (Wildman–Crippen MR) is 86.0 cm³/mol. The van der Waals surface area contributed by atoms with Gasteiger partial charge < -0.3 is 15.5 Å². The summed E-state index contributed by atoms with van der Waals surface area (Å²) >= 11 is 6.01. The van der Waals surface area contributed by atoms with Crippen LogP contribution in [0.2, 0.25) is 5.02 Å². The lowest BCUT2D eigenvalue weighted by atomic mass is 9.91. The van der Waals surface area contributed by atoms with E-state index in [2.05, 4.69) is 5.32 Å². The van der Waals surface area contributed by atoms with Crippen molar-refractivity contribution in [3.05, 3.63) is 70.7 Å². The maximum absolute atomic E-state index is 12.4. The Balaban J connectivity index is 2.21. The van der Waals surface area contributed by atoms with Crippen molar-refractivity contribution < 1.29 is 15.0 Å². The van der Waals surface area contributed by atoms with Crippen LogP contribution in [0.3, 0.4) is 0 Å². The standard InChI is InChI=1S/C17H18ClNO3/c18-15-9-5-4-8-14(15)16(22)19-17(11-20,12-21)10-13-6-2-1-3-7-13/h1-9,20-21H,10-12H2,(H,19,22). The molecule has 0 atom stereocenters. The highest BCUT2D eigenvalue weighted by molar-refractivity contribution is 6.33. The van der Waals surface area contributed by atoms with Crippen LogP contribution < -0.4 is 5.32 Å². The van der Waals surface area contributed by atoms with Crippen LogP contribution in [0.4, 0.5) is 0 Å². The third kappa shape index (κ3) is 3.85. The third-order valence-electron chi connectivity index (χ3n) is 3.49. The van der Waals surface area contributed by atoms with Crippen molar-refractivity contribution in [3.8, 4) is 0 Å². The normalized spacial score (nSPS) is 11.2. The minimum Gasteiger partial charge on any atom is -0.394 e. The van der Waals surface area contributed by atoms with Crippen molar-refractivity contribution in [1.82, 2.24) is 5.32 Å². The highest BCUT2D eigenvalue weighted by Crippen LogP contribution is 2.18. The number of carbonyl (C=O) groups is 1. The van der Waals surface area contributed by atoms with Gasteiger partial charge in [0.25, 0.3) is 5.91 Å². The summed E-state index contributed by atoms with van der Waals surface area (Å²) < 4.78 is 0. The first kappa shape index (κ1) is 16.5. The van der Waals surface area contributed by atoms with Crippen LogP contribution in [0.1, 0.15) is 15.9 Å². The number of benzene rings is 2. The van der Waals surface area contributed by atoms with Gasteiger partial charge in [0.2, 0.25) is 0 Å². The Bertz CT molecular complexity index is 627. The minimum absolute atomic E-state index is 0.309. The van der Waals surface area contributed by atoms with E-state index < -0.39 is 11.4 Å². The van der Waals surface area contributed by atoms with Crippen molar-refractivity contribution in [2.24, 2.45) is 0 Å². The summed E-state index contributed by atoms with van der Waals surface area (Å²) in [5.74, 6) is -0.426. The molecule has 0 bridgehead atoms. The number of nitrogens with one attached hydrogen (secondary N) is 1. The number of halogens is 1. The van der Waals surface area contributed by atoms with E-state index in [1.165, 1.54) is 0 Å². The molecule has 0 heterocycles. The van der Waals surface area contributed by atoms with Crippen molar-refractivity contribution in [2.75, 3.05) is 13.2 Å². The Kier molecular flexibility index (Phi) is 5.55. The van der Waals surface area contributed by atoms with E-state index in [1.807, 2.05) is 30.3 Å². The maximum atomic E-state index is 12.4. The molecule has 0 aliphatic carbocycles. The van der Waals surface area contributed by atoms with E-state index in [9.17, 15) is 15.0 Å². The zero-order chi connectivity index (χ0) is 16.0. The number of amides is 1. The Morgan fingerprint density at radius 2 is 1.59 bits per heavy atom. The number of carbonyl (C=O) groups excluding carboxylic acids is 1. The zero-order valence-corrected chi connectivity index (χ0v) is 12.8. The Morgan fingerprint density at radius 3 is 2.18 bits per heavy atom. The molecule has 0 aliphatic rings. The first-order chi connectivity index (χ1) is 10.6. The maximum Gasteiger partial charge on any atom is 0.253 e. The number of hydrogen-bond donors (Lipinski definition) is 3. The number of aliphatic hydroxyl groups excluding tert-OH is 2. The van der Waals surface area contributed by atoms with Gasteiger partial charge in [-0.1, -0.05) is 54.1 Å². The van der Waals surface area contributed by atoms with Crippen molar-refractivity contribution in [1.29, 1.82) is 0 Å². The molecule has 4 nitrogen and oxygen atoms in total. The van der Waals surface area contributed by atoms with E-state index in [4.69, 9.17) is 11.6 Å². The van der Waals surface area contributed by atoms with Crippen molar-refractivity contribution >= 4 is 17.5 Å². The molecule has 3 N–H and O–H groups in total. The van der Waals surface area contributed by atoms with E-state index in [0.29, 0.717) is 17.0 Å². The van der Waals surface area contributed by atoms with Gasteiger partial charge in [-0.2, -0.15) is 0 Å². The van der Waals surface area contributed by atoms with Crippen LogP contribution in [0, 0.1) is 0 Å². The predicted octanol–water partition coefficient (Wildman–Crippen LogP) is 2.04. The Labute approximate surface area is 134 Å². The lowest BCUT2D eigenvalue weighted by Gasteiger charge is -2.31. The summed E-state index contributed by atoms with van der Waals surface area (Å²) in [5.41, 5.74) is 0.0750. The summed E-state index contributed by atoms with van der Waals surface area (Å²) in [6.07, 6.45) is 0.317. The molecule has 0 saturated carbocycles. The first-order valence-corrected chi connectivity index (χ1v) is 7.31. The highest BCUT2D eigenvalue weighted by Gasteiger charge is 2.31. The highest BCUT2D eigenvalue weighted by atomic mass is 35.5. The Morgan fingerprint density at radius 1 is 1.00 bits per heavy atom. The fourth-order valence-electron chi connectivity index (χ4n) is 2.23. The smallest absolute Gasteiger partial charge is 0.253 e. The van der Waals surface area contributed by atoms with Gasteiger partial charge in [0, 0.05) is 6.42 Å². The number of aliphatic hydroxyl groups is 2. The largest absolute Gasteiger partial charge is 0.394 e. The van der Waals surface area contributed by atoms with Gasteiger partial charge in [0.15, 0.2) is 0 Å². The molecule has 2 rings (SSSR count). The second-order valence-electron chi connectivity index (χ2n) is 5.19. The van der Waals surface area contributed by atoms with Gasteiger partial charge in [0.05, 0.1) is 29.3 Å². The van der Waals surface area contributed by atoms with E-state index in [0.717, 1.165) is 5.56 Å². The average molecular weight is 320 g/mol. The Hall–Kier alpha value is -1.88. The summed E-state index contributed by atoms with van der Waals surface area (Å²) in [6.45, 7) is -0.761. The average Bonchev–Trinajstić information content (AvgIpc) is 2.55. The van der Waals surface area contributed by atoms with Crippen LogP contribution >= 0.6 is 11.6 Å². The zero-order valence-electron chi connectivity index (χ0n) is 12.0. The first-order valence-electron chi connectivity index (χ1n) is 6.93. The van der Waals surface area contributed by atoms with Crippen molar-refractivity contribution in [3.63, 3.8) is 0 Å². The molecule has 0 aliphatic heterocycles. The van der Waals surface area contributed by atoms with Gasteiger partial charge in [-0.15, -0.1) is 0 Å². The third-order valence-corrected chi connectivity index (χ3v) is 3.82. The summed E-state index contributed by atoms with van der Waals surface area (Å²) in [5, 5.41) is 22.4. The molecule has 0 spiro atoms. The fraction of sp³-hybridized carbons (Fsp3) is 0.235. The monoisotopic (exact) mass is 319 g/mol. The van der Waals surface area contributed by atoms with Gasteiger partial charge in [0.1, 0.15) is 0 Å². The number of hydrogen-bond acceptors (Lipinski definition) is 3. The van der Waals surface area contributed by atoms with Gasteiger partial charge in [-0.25, -0.2) is 0 Å². The molecule has 1 amide bonds. The lowest BCUT2D eigenvalue weighted by molar-refractivity contribution is 0.0667. The summed E-state index contributed by atoms with van der Waals surface area (Å²) in [6, 6.07) is 16.0. The van der Waals surface area contributed by atoms with Crippen LogP contribution in [0.25, 0.3) is 0 Å². The number of rotatable bonds is 6. The lowest BCUT2D eigenvalue weighted by Crippen LogP contribution is -2.55. The molecule has 116 valence electrons. The van der Waals surface area contributed by atoms with Crippen LogP contribution in [-0.2, 0) is 6.42 Å². The molecule has 0 unspecified atom stereocenters. The van der Waals surface area contributed by atoms with Crippen molar-refractivity contribution in [2.45, 2.75) is 12.0 Å². The van der Waals surface area contributed by atoms with Gasteiger partial charge in [-0.05, 0) is 17.7 Å². The van der Waals surface area contributed by atoms with Crippen LogP contribution in [-0.4, -0.2) is 34.9 Å². The van der Waals surface area contributed by atoms with E-state index in [-0.39, 0.29) is 13.2 Å². The van der Waals surface area contributed by atoms with Gasteiger partial charge >= 0.3 is 0 Å². The van der Waals surface area contributed by atoms with Gasteiger partial charge in [-0.3, -0.25) is 4.79 Å². The molecule has 0 fully saturated rings. The molecule has 0 radical (unpaired) electrons. The van der Waals surface area contributed by atoms with E-state index in [1.54, 1.807) is 24.3 Å². The topological polar surface area (TPSA) is 69.6 Å². The fourth-order valence-corrected chi connectivity index (χ4v) is 2.45. The quantitative estimate of drug-likeness (QED) is 0.763. The molecular formula is C17H18ClNO3. The van der Waals surface area contributed by atoms with E-state index >= 15 is 0 Å².